The van der Waals surface area contributed by atoms with E-state index in [9.17, 15) is 23.3 Å². The minimum Gasteiger partial charge on any atom is -0.439 e. The monoisotopic (exact) mass is 318 g/mol. The molecule has 0 N–H and O–H groups in total. The summed E-state index contributed by atoms with van der Waals surface area (Å²) in [4.78, 5) is 13.5. The highest BCUT2D eigenvalue weighted by Gasteiger charge is 2.30. The molecule has 0 unspecified atom stereocenters. The van der Waals surface area contributed by atoms with E-state index < -0.39 is 16.7 Å². The molecule has 9 heteroatoms. The smallest absolute Gasteiger partial charge is 0.417 e. The van der Waals surface area contributed by atoms with E-state index in [1.807, 2.05) is 0 Å². The van der Waals surface area contributed by atoms with Gasteiger partial charge in [0.2, 0.25) is 5.88 Å². The zero-order valence-corrected chi connectivity index (χ0v) is 10.9. The molecule has 5 nitrogen and oxygen atoms in total. The molecule has 0 aliphatic carbocycles. The normalized spacial score (nSPS) is 11.2. The Kier molecular flexibility index (Phi) is 3.99. The number of benzene rings is 1. The van der Waals surface area contributed by atoms with Crippen LogP contribution in [0.1, 0.15) is 5.56 Å². The minimum absolute atomic E-state index is 0.00135. The highest BCUT2D eigenvalue weighted by atomic mass is 35.5. The first kappa shape index (κ1) is 15.0. The third-order valence-corrected chi connectivity index (χ3v) is 2.57. The second-order valence-electron chi connectivity index (χ2n) is 3.89. The summed E-state index contributed by atoms with van der Waals surface area (Å²) < 4.78 is 42.3. The molecule has 0 aliphatic rings. The number of pyridine rings is 1. The average molecular weight is 319 g/mol. The maximum atomic E-state index is 12.4. The second kappa shape index (κ2) is 5.57. The van der Waals surface area contributed by atoms with Crippen LogP contribution in [0.4, 0.5) is 18.9 Å². The van der Waals surface area contributed by atoms with Gasteiger partial charge in [0.25, 0.3) is 5.69 Å². The fourth-order valence-electron chi connectivity index (χ4n) is 1.44. The van der Waals surface area contributed by atoms with Gasteiger partial charge < -0.3 is 4.74 Å². The lowest BCUT2D eigenvalue weighted by molar-refractivity contribution is -0.384. The van der Waals surface area contributed by atoms with Crippen molar-refractivity contribution in [2.45, 2.75) is 6.18 Å². The Balaban J connectivity index is 2.24. The van der Waals surface area contributed by atoms with Gasteiger partial charge in [-0.2, -0.15) is 13.2 Å². The predicted octanol–water partition coefficient (Wildman–Crippen LogP) is 4.45. The van der Waals surface area contributed by atoms with Gasteiger partial charge in [0, 0.05) is 18.3 Å². The summed E-state index contributed by atoms with van der Waals surface area (Å²) in [5.41, 5.74) is -1.23. The number of halogens is 4. The summed E-state index contributed by atoms with van der Waals surface area (Å²) >= 11 is 5.69. The zero-order valence-electron chi connectivity index (χ0n) is 10.1. The molecule has 21 heavy (non-hydrogen) atoms. The number of nitro groups is 1. The van der Waals surface area contributed by atoms with Crippen molar-refractivity contribution < 1.29 is 22.8 Å². The van der Waals surface area contributed by atoms with Gasteiger partial charge in [0.15, 0.2) is 0 Å². The molecule has 0 aliphatic heterocycles. The lowest BCUT2D eigenvalue weighted by Crippen LogP contribution is -2.05. The minimum atomic E-state index is -4.50. The molecule has 2 aromatic rings. The number of nitrogens with zero attached hydrogens (tertiary/aromatic N) is 2. The topological polar surface area (TPSA) is 65.3 Å². The van der Waals surface area contributed by atoms with Crippen LogP contribution in [0.5, 0.6) is 11.6 Å². The van der Waals surface area contributed by atoms with Crippen LogP contribution >= 0.6 is 11.6 Å². The van der Waals surface area contributed by atoms with E-state index in [1.165, 1.54) is 6.07 Å². The molecular formula is C12H6ClF3N2O3. The third-order valence-electron chi connectivity index (χ3n) is 2.35. The maximum Gasteiger partial charge on any atom is 0.417 e. The lowest BCUT2D eigenvalue weighted by Gasteiger charge is -2.08. The van der Waals surface area contributed by atoms with Crippen molar-refractivity contribution >= 4 is 17.3 Å². The number of alkyl halides is 3. The molecule has 0 amide bonds. The van der Waals surface area contributed by atoms with Crippen LogP contribution in [0.15, 0.2) is 36.5 Å². The van der Waals surface area contributed by atoms with E-state index in [0.29, 0.717) is 6.20 Å². The third kappa shape index (κ3) is 3.82. The molecule has 0 saturated carbocycles. The fourth-order valence-corrected chi connectivity index (χ4v) is 1.66. The Bertz CT molecular complexity index is 674. The Morgan fingerprint density at radius 3 is 2.48 bits per heavy atom. The van der Waals surface area contributed by atoms with Crippen molar-refractivity contribution in [2.24, 2.45) is 0 Å². The van der Waals surface area contributed by atoms with Crippen molar-refractivity contribution in [1.29, 1.82) is 0 Å². The molecule has 0 bridgehead atoms. The van der Waals surface area contributed by atoms with Crippen molar-refractivity contribution in [3.8, 4) is 11.6 Å². The Morgan fingerprint density at radius 2 is 1.95 bits per heavy atom. The number of ether oxygens (including phenoxy) is 1. The van der Waals surface area contributed by atoms with Gasteiger partial charge in [-0.15, -0.1) is 0 Å². The summed E-state index contributed by atoms with van der Waals surface area (Å²) in [5.74, 6) is -0.138. The van der Waals surface area contributed by atoms with Crippen LogP contribution in [-0.4, -0.2) is 9.91 Å². The first-order valence-corrected chi connectivity index (χ1v) is 5.79. The average Bonchev–Trinajstić information content (AvgIpc) is 2.37. The van der Waals surface area contributed by atoms with Crippen molar-refractivity contribution in [3.63, 3.8) is 0 Å². The highest BCUT2D eigenvalue weighted by molar-refractivity contribution is 6.30. The molecule has 110 valence electrons. The highest BCUT2D eigenvalue weighted by Crippen LogP contribution is 2.31. The van der Waals surface area contributed by atoms with Crippen LogP contribution in [0.3, 0.4) is 0 Å². The van der Waals surface area contributed by atoms with Gasteiger partial charge in [-0.05, 0) is 12.1 Å². The molecule has 1 aromatic heterocycles. The van der Waals surface area contributed by atoms with Crippen LogP contribution in [0.2, 0.25) is 5.02 Å². The van der Waals surface area contributed by atoms with Crippen LogP contribution < -0.4 is 4.74 Å². The molecule has 0 saturated heterocycles. The summed E-state index contributed by atoms with van der Waals surface area (Å²) in [6, 6.07) is 5.30. The maximum absolute atomic E-state index is 12.4. The van der Waals surface area contributed by atoms with Crippen molar-refractivity contribution in [1.82, 2.24) is 4.98 Å². The van der Waals surface area contributed by atoms with E-state index in [2.05, 4.69) is 4.98 Å². The van der Waals surface area contributed by atoms with E-state index in [4.69, 9.17) is 16.3 Å². The molecule has 0 fully saturated rings. The molecule has 2 rings (SSSR count). The Morgan fingerprint density at radius 1 is 1.24 bits per heavy atom. The second-order valence-corrected chi connectivity index (χ2v) is 4.32. The zero-order chi connectivity index (χ0) is 15.6. The van der Waals surface area contributed by atoms with Gasteiger partial charge >= 0.3 is 6.18 Å². The van der Waals surface area contributed by atoms with E-state index in [-0.39, 0.29) is 22.3 Å². The first-order chi connectivity index (χ1) is 9.75. The number of rotatable bonds is 3. The molecular weight excluding hydrogens is 313 g/mol. The van der Waals surface area contributed by atoms with Gasteiger partial charge in [-0.1, -0.05) is 11.6 Å². The molecule has 1 aromatic carbocycles. The molecule has 0 spiro atoms. The summed E-state index contributed by atoms with van der Waals surface area (Å²) in [5, 5.41) is 10.7. The molecule has 0 radical (unpaired) electrons. The van der Waals surface area contributed by atoms with E-state index in [0.717, 1.165) is 24.3 Å². The number of nitro benzene ring substituents is 1. The first-order valence-electron chi connectivity index (χ1n) is 5.42. The number of hydrogen-bond acceptors (Lipinski definition) is 4. The summed E-state index contributed by atoms with van der Waals surface area (Å²) in [6.45, 7) is 0. The summed E-state index contributed by atoms with van der Waals surface area (Å²) in [6.07, 6.45) is -3.89. The van der Waals surface area contributed by atoms with Crippen LogP contribution in [0.25, 0.3) is 0 Å². The van der Waals surface area contributed by atoms with Crippen molar-refractivity contribution in [3.05, 3.63) is 57.2 Å². The number of aromatic nitrogens is 1. The van der Waals surface area contributed by atoms with Gasteiger partial charge in [-0.3, -0.25) is 10.1 Å². The quantitative estimate of drug-likeness (QED) is 0.619. The Labute approximate surface area is 121 Å². The summed E-state index contributed by atoms with van der Waals surface area (Å²) in [7, 11) is 0. The van der Waals surface area contributed by atoms with E-state index in [1.54, 1.807) is 0 Å². The fraction of sp³-hybridized carbons (Fsp3) is 0.0833. The van der Waals surface area contributed by atoms with Gasteiger partial charge in [0.1, 0.15) is 5.75 Å². The SMILES string of the molecule is O=[N+]([O-])c1cc(Cl)cc(Oc2ccc(C(F)(F)F)cn2)c1. The number of non-ortho nitro benzene ring substituents is 1. The Hall–Kier alpha value is -2.35. The van der Waals surface area contributed by atoms with Gasteiger partial charge in [0.05, 0.1) is 21.6 Å². The number of hydrogen-bond donors (Lipinski definition) is 0. The lowest BCUT2D eigenvalue weighted by atomic mass is 10.3. The van der Waals surface area contributed by atoms with Crippen LogP contribution in [0, 0.1) is 10.1 Å². The van der Waals surface area contributed by atoms with Crippen molar-refractivity contribution in [2.75, 3.05) is 0 Å². The molecule has 1 heterocycles. The van der Waals surface area contributed by atoms with Gasteiger partial charge in [-0.25, -0.2) is 4.98 Å². The predicted molar refractivity (Wildman–Crippen MR) is 67.4 cm³/mol. The van der Waals surface area contributed by atoms with E-state index >= 15 is 0 Å². The van der Waals surface area contributed by atoms with Crippen LogP contribution in [-0.2, 0) is 6.18 Å². The largest absolute Gasteiger partial charge is 0.439 e. The molecule has 0 atom stereocenters. The standard InChI is InChI=1S/C12H6ClF3N2O3/c13-8-3-9(18(19)20)5-10(4-8)21-11-2-1-7(6-17-11)12(14,15)16/h1-6H.